The van der Waals surface area contributed by atoms with Crippen molar-refractivity contribution in [3.8, 4) is 28.7 Å². The Morgan fingerprint density at radius 1 is 0.571 bits per heavy atom. The van der Waals surface area contributed by atoms with E-state index in [-0.39, 0.29) is 54.2 Å². The summed E-state index contributed by atoms with van der Waals surface area (Å²) >= 11 is 12.1. The first-order valence-electron chi connectivity index (χ1n) is 23.8. The second-order valence-corrected chi connectivity index (χ2v) is 33.2. The molecule has 0 aliphatic carbocycles. The molecule has 0 saturated heterocycles. The monoisotopic (exact) mass is 1170 g/mol. The maximum Gasteiger partial charge on any atom is 0.193 e. The zero-order valence-electron chi connectivity index (χ0n) is 42.0. The van der Waals surface area contributed by atoms with E-state index in [9.17, 15) is 10.2 Å². The fourth-order valence-electron chi connectivity index (χ4n) is 8.55. The molecule has 0 bridgehead atoms. The van der Waals surface area contributed by atoms with Crippen molar-refractivity contribution >= 4 is 64.4 Å². The summed E-state index contributed by atoms with van der Waals surface area (Å²) in [4.78, 5) is 0. The zero-order chi connectivity index (χ0) is 50.7. The van der Waals surface area contributed by atoms with Gasteiger partial charge in [-0.2, -0.15) is 0 Å². The minimum absolute atomic E-state index is 0.0505. The molecule has 8 nitrogen and oxygen atoms in total. The number of rotatable bonds is 18. The largest absolute Gasteiger partial charge is 0.504 e. The van der Waals surface area contributed by atoms with E-state index in [0.29, 0.717) is 48.4 Å². The summed E-state index contributed by atoms with van der Waals surface area (Å²) in [5.74, 6) is 0.766. The smallest absolute Gasteiger partial charge is 0.193 e. The standard InChI is InChI=1S/C57H67Br3O8Si2/c1-54(2,3)69(7,8)66-32-31-65-56(35-39-23-15-11-16-24-39)47-50(63-37-41-27-19-13-20-28-41)48(59)52(64-38-42-29-21-14-22-30-42)49(60)51(47)67-53(43-33-45(61)46(62)34-44(43)58)57(56,36-40-25-17-12-18-26-40)68-70(9,10)55(4,5)6/h11-30,33-34,53,61-62H,31-32,35-38H2,1-10H3/t53-,56+,57+/m1/s1. The molecule has 6 aromatic carbocycles. The van der Waals surface area contributed by atoms with Gasteiger partial charge in [-0.1, -0.05) is 179 Å². The lowest BCUT2D eigenvalue weighted by Crippen LogP contribution is -2.68. The van der Waals surface area contributed by atoms with Gasteiger partial charge >= 0.3 is 0 Å². The first-order valence-corrected chi connectivity index (χ1v) is 32.0. The molecule has 0 fully saturated rings. The zero-order valence-corrected chi connectivity index (χ0v) is 48.8. The maximum absolute atomic E-state index is 11.5. The van der Waals surface area contributed by atoms with Gasteiger partial charge in [0, 0.05) is 22.9 Å². The highest BCUT2D eigenvalue weighted by Gasteiger charge is 2.68. The molecule has 6 aromatic rings. The maximum atomic E-state index is 11.5. The summed E-state index contributed by atoms with van der Waals surface area (Å²) in [7, 11) is -5.22. The number of aromatic hydroxyl groups is 2. The summed E-state index contributed by atoms with van der Waals surface area (Å²) in [5, 5.41) is 22.2. The normalized spacial score (nSPS) is 18.5. The van der Waals surface area contributed by atoms with E-state index in [1.807, 2.05) is 97.1 Å². The minimum atomic E-state index is -2.94. The molecule has 0 unspecified atom stereocenters. The van der Waals surface area contributed by atoms with Crippen molar-refractivity contribution in [3.63, 3.8) is 0 Å². The van der Waals surface area contributed by atoms with E-state index >= 15 is 0 Å². The van der Waals surface area contributed by atoms with Gasteiger partial charge in [-0.3, -0.25) is 0 Å². The third kappa shape index (κ3) is 11.3. The Bertz CT molecular complexity index is 2710. The van der Waals surface area contributed by atoms with Crippen molar-refractivity contribution in [3.05, 3.63) is 180 Å². The van der Waals surface area contributed by atoms with Gasteiger partial charge in [0.1, 0.15) is 44.9 Å². The number of phenols is 2. The SMILES string of the molecule is CC(C)(C)[Si](C)(C)OCCO[C@@]1(Cc2ccccc2)c2c(OCc3ccccc3)c(Br)c(OCc3ccccc3)c(Br)c2O[C@H](c2cc(O)c(O)cc2Br)[C@]1(Cc1ccccc1)O[Si](C)(C)C(C)(C)C. The molecule has 0 spiro atoms. The Hall–Kier alpha value is -3.93. The average Bonchev–Trinajstić information content (AvgIpc) is 3.30. The summed E-state index contributed by atoms with van der Waals surface area (Å²) in [6.07, 6.45) is -0.454. The third-order valence-corrected chi connectivity index (χ3v) is 25.5. The van der Waals surface area contributed by atoms with Gasteiger partial charge in [-0.15, -0.1) is 0 Å². The molecule has 3 atom stereocenters. The molecule has 372 valence electrons. The van der Waals surface area contributed by atoms with Crippen molar-refractivity contribution in [2.24, 2.45) is 0 Å². The van der Waals surface area contributed by atoms with Crippen LogP contribution < -0.4 is 14.2 Å². The molecule has 2 N–H and O–H groups in total. The van der Waals surface area contributed by atoms with Crippen molar-refractivity contribution in [1.29, 1.82) is 0 Å². The lowest BCUT2D eigenvalue weighted by Gasteiger charge is -2.60. The van der Waals surface area contributed by atoms with Gasteiger partial charge < -0.3 is 38.0 Å². The second-order valence-electron chi connectivity index (χ2n) is 21.3. The third-order valence-electron chi connectivity index (χ3n) is 14.4. The highest BCUT2D eigenvalue weighted by atomic mass is 79.9. The van der Waals surface area contributed by atoms with Crippen molar-refractivity contribution in [1.82, 2.24) is 0 Å². The van der Waals surface area contributed by atoms with Crippen molar-refractivity contribution in [2.75, 3.05) is 13.2 Å². The van der Waals surface area contributed by atoms with Crippen LogP contribution in [0.2, 0.25) is 36.3 Å². The van der Waals surface area contributed by atoms with Crippen LogP contribution in [-0.2, 0) is 45.2 Å². The predicted octanol–water partition coefficient (Wildman–Crippen LogP) is 16.2. The Kier molecular flexibility index (Phi) is 16.7. The quantitative estimate of drug-likeness (QED) is 0.0499. The predicted molar refractivity (Wildman–Crippen MR) is 296 cm³/mol. The van der Waals surface area contributed by atoms with Crippen LogP contribution >= 0.6 is 47.8 Å². The van der Waals surface area contributed by atoms with E-state index in [1.165, 1.54) is 6.07 Å². The average molecular weight is 1180 g/mol. The van der Waals surface area contributed by atoms with Gasteiger partial charge in [0.2, 0.25) is 0 Å². The fraction of sp³-hybridized carbons (Fsp3) is 0.368. The Labute approximate surface area is 442 Å². The number of ether oxygens (including phenoxy) is 4. The van der Waals surface area contributed by atoms with E-state index in [1.54, 1.807) is 6.07 Å². The first-order chi connectivity index (χ1) is 33.0. The summed E-state index contributed by atoms with van der Waals surface area (Å²) < 4.78 is 46.7. The highest BCUT2D eigenvalue weighted by molar-refractivity contribution is 9.11. The fourth-order valence-corrected chi connectivity index (χ4v) is 13.2. The molecule has 0 aromatic heterocycles. The van der Waals surface area contributed by atoms with Crippen LogP contribution in [0.4, 0.5) is 0 Å². The molecule has 0 saturated carbocycles. The lowest BCUT2D eigenvalue weighted by molar-refractivity contribution is -0.236. The molecular formula is C57H67Br3O8Si2. The van der Waals surface area contributed by atoms with Crippen LogP contribution in [0.3, 0.4) is 0 Å². The van der Waals surface area contributed by atoms with Crippen LogP contribution in [0.15, 0.2) is 147 Å². The van der Waals surface area contributed by atoms with Crippen LogP contribution in [0.25, 0.3) is 0 Å². The molecule has 1 aliphatic rings. The van der Waals surface area contributed by atoms with Gasteiger partial charge in [0.15, 0.2) is 40.0 Å². The van der Waals surface area contributed by atoms with Gasteiger partial charge in [0.25, 0.3) is 0 Å². The number of phenolic OH excluding ortho intramolecular Hbond substituents is 2. The Balaban J connectivity index is 1.66. The summed E-state index contributed by atoms with van der Waals surface area (Å²) in [5.41, 5.74) is 2.09. The van der Waals surface area contributed by atoms with E-state index in [0.717, 1.165) is 22.3 Å². The molecule has 70 heavy (non-hydrogen) atoms. The van der Waals surface area contributed by atoms with Crippen LogP contribution in [-0.4, -0.2) is 45.7 Å². The van der Waals surface area contributed by atoms with Crippen LogP contribution in [0, 0.1) is 0 Å². The number of halogens is 3. The van der Waals surface area contributed by atoms with Crippen molar-refractivity contribution in [2.45, 2.75) is 121 Å². The van der Waals surface area contributed by atoms with Gasteiger partial charge in [-0.05, 0) is 103 Å². The molecule has 1 aliphatic heterocycles. The number of benzene rings is 6. The topological polar surface area (TPSA) is 95.8 Å². The van der Waals surface area contributed by atoms with Gasteiger partial charge in [0.05, 0.1) is 18.8 Å². The van der Waals surface area contributed by atoms with Gasteiger partial charge in [-0.25, -0.2) is 0 Å². The van der Waals surface area contributed by atoms with Crippen LogP contribution in [0.5, 0.6) is 28.7 Å². The number of hydrogen-bond acceptors (Lipinski definition) is 8. The molecule has 0 radical (unpaired) electrons. The molecule has 1 heterocycles. The minimum Gasteiger partial charge on any atom is -0.504 e. The number of fused-ring (bicyclic) bond motifs is 1. The highest BCUT2D eigenvalue weighted by Crippen LogP contribution is 2.66. The van der Waals surface area contributed by atoms with Crippen LogP contribution in [0.1, 0.15) is 81.0 Å². The Morgan fingerprint density at radius 2 is 1.03 bits per heavy atom. The lowest BCUT2D eigenvalue weighted by atomic mass is 9.64. The second kappa shape index (κ2) is 21.7. The first kappa shape index (κ1) is 53.9. The Morgan fingerprint density at radius 3 is 1.53 bits per heavy atom. The van der Waals surface area contributed by atoms with E-state index < -0.39 is 33.9 Å². The number of hydrogen-bond donors (Lipinski definition) is 2. The van der Waals surface area contributed by atoms with E-state index in [2.05, 4.69) is 140 Å². The molecule has 13 heteroatoms. The molecule has 0 amide bonds. The van der Waals surface area contributed by atoms with Crippen molar-refractivity contribution < 1.29 is 38.0 Å². The van der Waals surface area contributed by atoms with E-state index in [4.69, 9.17) is 27.8 Å². The molecular weight excluding hydrogens is 1110 g/mol. The summed E-state index contributed by atoms with van der Waals surface area (Å²) in [6.45, 7) is 23.3. The summed E-state index contributed by atoms with van der Waals surface area (Å²) in [6, 6.07) is 43.8. The molecule has 7 rings (SSSR count).